The largest absolute Gasteiger partial charge is 0.756 e. The molecule has 0 amide bonds. The number of ether oxygens (including phenoxy) is 2. The number of carbonyl (C=O) groups is 2. The Bertz CT molecular complexity index is 2010. The third-order valence-electron chi connectivity index (χ3n) is 19.1. The molecule has 0 spiro atoms. The van der Waals surface area contributed by atoms with Gasteiger partial charge in [-0.15, -0.1) is 0 Å². The number of esters is 2. The van der Waals surface area contributed by atoms with E-state index < -0.39 is 26.5 Å². The van der Waals surface area contributed by atoms with Gasteiger partial charge in [0.15, 0.2) is 6.10 Å². The summed E-state index contributed by atoms with van der Waals surface area (Å²) in [6.07, 6.45) is 113. The number of rotatable bonds is 80. The van der Waals surface area contributed by atoms with Gasteiger partial charge in [0.25, 0.3) is 7.82 Å². The summed E-state index contributed by atoms with van der Waals surface area (Å²) in [7, 11) is 1.18. The SMILES string of the molecule is CC/C=C\C/C=C\C/C=C\C/C=C\C/C=C\C/C=C\C/C=C\CCCCCCCCCCCCCCCCCCCCCC(=O)OC(COC(=O)CCCCCCCCCCCCCCCCCCCCCCCCC/C=C\CCCCCCCCCC)COP(=O)([O-])OCC[N+](C)(C)C. The quantitative estimate of drug-likeness (QED) is 0.0195. The van der Waals surface area contributed by atoms with Gasteiger partial charge in [0.05, 0.1) is 27.7 Å². The van der Waals surface area contributed by atoms with Crippen molar-refractivity contribution in [1.29, 1.82) is 0 Å². The number of hydrogen-bond acceptors (Lipinski definition) is 8. The van der Waals surface area contributed by atoms with Crippen LogP contribution in [0.4, 0.5) is 0 Å². The van der Waals surface area contributed by atoms with Gasteiger partial charge in [0, 0.05) is 12.8 Å². The van der Waals surface area contributed by atoms with Crippen molar-refractivity contribution < 1.29 is 42.1 Å². The van der Waals surface area contributed by atoms with Crippen LogP contribution >= 0.6 is 7.82 Å². The van der Waals surface area contributed by atoms with E-state index in [9.17, 15) is 19.0 Å². The van der Waals surface area contributed by atoms with Crippen molar-refractivity contribution in [3.05, 3.63) is 97.2 Å². The fourth-order valence-corrected chi connectivity index (χ4v) is 13.3. The van der Waals surface area contributed by atoms with E-state index >= 15 is 0 Å². The van der Waals surface area contributed by atoms with E-state index in [2.05, 4.69) is 111 Å². The predicted molar refractivity (Wildman–Crippen MR) is 434 cm³/mol. The maximum absolute atomic E-state index is 12.9. The first-order chi connectivity index (χ1) is 49.0. The summed E-state index contributed by atoms with van der Waals surface area (Å²) in [6.45, 7) is 4.19. The van der Waals surface area contributed by atoms with Gasteiger partial charge in [0.2, 0.25) is 0 Å². The summed E-state index contributed by atoms with van der Waals surface area (Å²) < 4.78 is 34.5. The molecule has 582 valence electrons. The van der Waals surface area contributed by atoms with E-state index in [1.807, 2.05) is 21.1 Å². The lowest BCUT2D eigenvalue weighted by atomic mass is 10.0. The summed E-state index contributed by atoms with van der Waals surface area (Å²) in [6, 6.07) is 0. The van der Waals surface area contributed by atoms with Crippen LogP contribution in [-0.2, 0) is 32.7 Å². The lowest BCUT2D eigenvalue weighted by Crippen LogP contribution is -2.37. The van der Waals surface area contributed by atoms with Gasteiger partial charge < -0.3 is 27.9 Å². The summed E-state index contributed by atoms with van der Waals surface area (Å²) >= 11 is 0. The zero-order valence-corrected chi connectivity index (χ0v) is 67.5. The molecule has 100 heavy (non-hydrogen) atoms. The number of quaternary nitrogens is 1. The Labute approximate surface area is 621 Å². The molecule has 0 rings (SSSR count). The molecule has 0 heterocycles. The molecule has 2 unspecified atom stereocenters. The maximum atomic E-state index is 12.9. The topological polar surface area (TPSA) is 111 Å². The normalized spacial score (nSPS) is 13.5. The lowest BCUT2D eigenvalue weighted by Gasteiger charge is -2.28. The zero-order valence-electron chi connectivity index (χ0n) is 66.6. The number of phosphoric acid groups is 1. The van der Waals surface area contributed by atoms with Gasteiger partial charge in [-0.2, -0.15) is 0 Å². The minimum absolute atomic E-state index is 0.0301. The Balaban J connectivity index is 3.90. The smallest absolute Gasteiger partial charge is 0.306 e. The molecule has 0 N–H and O–H groups in total. The highest BCUT2D eigenvalue weighted by molar-refractivity contribution is 7.45. The number of allylic oxidation sites excluding steroid dienone is 16. The summed E-state index contributed by atoms with van der Waals surface area (Å²) in [5, 5.41) is 0. The van der Waals surface area contributed by atoms with Gasteiger partial charge in [-0.05, 0) is 96.3 Å². The van der Waals surface area contributed by atoms with E-state index in [1.165, 1.54) is 295 Å². The van der Waals surface area contributed by atoms with Crippen LogP contribution in [-0.4, -0.2) is 70.0 Å². The Kier molecular flexibility index (Phi) is 77.6. The number of nitrogens with zero attached hydrogens (tertiary/aromatic N) is 1. The van der Waals surface area contributed by atoms with Gasteiger partial charge in [-0.3, -0.25) is 14.2 Å². The van der Waals surface area contributed by atoms with Gasteiger partial charge in [-0.25, -0.2) is 0 Å². The van der Waals surface area contributed by atoms with Crippen molar-refractivity contribution >= 4 is 19.8 Å². The molecule has 2 atom stereocenters. The Morgan fingerprint density at radius 3 is 0.860 bits per heavy atom. The van der Waals surface area contributed by atoms with Crippen molar-refractivity contribution in [2.45, 2.75) is 418 Å². The molecular formula is C90H164NO8P. The monoisotopic (exact) mass is 1420 g/mol. The number of hydrogen-bond donors (Lipinski definition) is 0. The van der Waals surface area contributed by atoms with E-state index in [-0.39, 0.29) is 32.0 Å². The minimum atomic E-state index is -4.65. The van der Waals surface area contributed by atoms with Crippen molar-refractivity contribution in [2.75, 3.05) is 47.5 Å². The first-order valence-corrected chi connectivity index (χ1v) is 44.4. The first kappa shape index (κ1) is 96.9. The van der Waals surface area contributed by atoms with E-state index in [0.717, 1.165) is 83.5 Å². The highest BCUT2D eigenvalue weighted by Crippen LogP contribution is 2.38. The van der Waals surface area contributed by atoms with Gasteiger partial charge >= 0.3 is 11.9 Å². The molecule has 0 aromatic rings. The molecule has 0 aromatic heterocycles. The second-order valence-corrected chi connectivity index (χ2v) is 31.6. The first-order valence-electron chi connectivity index (χ1n) is 42.9. The summed E-state index contributed by atoms with van der Waals surface area (Å²) in [4.78, 5) is 38.2. The van der Waals surface area contributed by atoms with Crippen molar-refractivity contribution in [3.8, 4) is 0 Å². The van der Waals surface area contributed by atoms with Crippen LogP contribution in [0.15, 0.2) is 97.2 Å². The number of likely N-dealkylation sites (N-methyl/N-ethyl adjacent to an activating group) is 1. The molecule has 0 aliphatic heterocycles. The highest BCUT2D eigenvalue weighted by Gasteiger charge is 2.22. The summed E-state index contributed by atoms with van der Waals surface area (Å²) in [5.74, 6) is -0.813. The average Bonchev–Trinajstić information content (AvgIpc) is 1.30. The molecule has 0 aliphatic carbocycles. The van der Waals surface area contributed by atoms with Crippen LogP contribution in [0.1, 0.15) is 412 Å². The number of carbonyl (C=O) groups excluding carboxylic acids is 2. The van der Waals surface area contributed by atoms with Gasteiger partial charge in [0.1, 0.15) is 19.8 Å². The molecule has 0 saturated carbocycles. The van der Waals surface area contributed by atoms with Crippen LogP contribution in [0.5, 0.6) is 0 Å². The zero-order chi connectivity index (χ0) is 72.5. The molecule has 10 heteroatoms. The summed E-state index contributed by atoms with van der Waals surface area (Å²) in [5.41, 5.74) is 0. The third-order valence-corrected chi connectivity index (χ3v) is 20.1. The molecule has 0 aliphatic rings. The Morgan fingerprint density at radius 1 is 0.320 bits per heavy atom. The second-order valence-electron chi connectivity index (χ2n) is 30.2. The molecule has 0 bridgehead atoms. The predicted octanol–water partition coefficient (Wildman–Crippen LogP) is 28.3. The van der Waals surface area contributed by atoms with Crippen LogP contribution in [0, 0.1) is 0 Å². The molecular weight excluding hydrogens is 1250 g/mol. The van der Waals surface area contributed by atoms with Crippen LogP contribution in [0.2, 0.25) is 0 Å². The lowest BCUT2D eigenvalue weighted by molar-refractivity contribution is -0.870. The van der Waals surface area contributed by atoms with E-state index in [0.29, 0.717) is 17.4 Å². The Hall–Kier alpha value is -3.07. The standard InChI is InChI=1S/C90H164NO8P/c1-6-8-10-12-14-16-18-20-22-24-26-28-30-32-34-36-38-40-42-43-44-45-46-47-49-51-53-55-57-59-61-63-65-67-69-71-73-75-77-79-81-83-90(93)99-88(87-98-100(94,95)97-85-84-91(3,4)5)86-96-89(92)82-80-78-76-74-72-70-68-66-64-62-60-58-56-54-52-50-48-41-39-37-35-33-31-29-27-25-23-21-19-17-15-13-11-9-7-2/h8,10,14,16,20,22,25-28,32,34,38,40,43-44,88H,6-7,9,11-13,15,17-19,21,23-24,29-31,33,35-37,39,41-42,45-87H2,1-5H3/b10-8-,16-14-,22-20-,27-25-,28-26-,34-32-,40-38-,44-43-. The molecule has 0 aromatic carbocycles. The second kappa shape index (κ2) is 80.0. The van der Waals surface area contributed by atoms with E-state index in [4.69, 9.17) is 18.5 Å². The average molecular weight is 1420 g/mol. The molecule has 0 radical (unpaired) electrons. The van der Waals surface area contributed by atoms with Crippen LogP contribution < -0.4 is 4.89 Å². The Morgan fingerprint density at radius 2 is 0.570 bits per heavy atom. The number of unbranched alkanes of at least 4 members (excludes halogenated alkanes) is 50. The maximum Gasteiger partial charge on any atom is 0.306 e. The molecule has 9 nitrogen and oxygen atoms in total. The van der Waals surface area contributed by atoms with Crippen molar-refractivity contribution in [3.63, 3.8) is 0 Å². The van der Waals surface area contributed by atoms with Gasteiger partial charge in [-0.1, -0.05) is 400 Å². The van der Waals surface area contributed by atoms with Crippen molar-refractivity contribution in [1.82, 2.24) is 0 Å². The number of phosphoric ester groups is 1. The van der Waals surface area contributed by atoms with Crippen LogP contribution in [0.25, 0.3) is 0 Å². The molecule has 0 saturated heterocycles. The van der Waals surface area contributed by atoms with Crippen LogP contribution in [0.3, 0.4) is 0 Å². The van der Waals surface area contributed by atoms with Crippen molar-refractivity contribution in [2.24, 2.45) is 0 Å². The fraction of sp³-hybridized carbons (Fsp3) is 0.800. The minimum Gasteiger partial charge on any atom is -0.756 e. The fourth-order valence-electron chi connectivity index (χ4n) is 12.6. The highest BCUT2D eigenvalue weighted by atomic mass is 31.2. The third kappa shape index (κ3) is 83.9. The molecule has 0 fully saturated rings. The van der Waals surface area contributed by atoms with E-state index in [1.54, 1.807) is 0 Å².